The molecule has 0 atom stereocenters. The van der Waals surface area contributed by atoms with Crippen molar-refractivity contribution in [1.29, 1.82) is 0 Å². The normalized spacial score (nSPS) is 12.9. The molecule has 1 fully saturated rings. The minimum Gasteiger partial charge on any atom is -0.493 e. The summed E-state index contributed by atoms with van der Waals surface area (Å²) in [6, 6.07) is 5.02. The first-order valence-electron chi connectivity index (χ1n) is 8.58. The molecule has 0 unspecified atom stereocenters. The van der Waals surface area contributed by atoms with Gasteiger partial charge >= 0.3 is 0 Å². The number of aromatic hydroxyl groups is 1. The van der Waals surface area contributed by atoms with Gasteiger partial charge in [0.15, 0.2) is 0 Å². The average molecular weight is 359 g/mol. The summed E-state index contributed by atoms with van der Waals surface area (Å²) in [6.45, 7) is 0. The second-order valence-corrected chi connectivity index (χ2v) is 6.30. The van der Waals surface area contributed by atoms with Gasteiger partial charge < -0.3 is 15.7 Å². The number of hydrogen-bond acceptors (Lipinski definition) is 6. The molecular weight excluding hydrogens is 342 g/mol. The van der Waals surface area contributed by atoms with Crippen LogP contribution in [0.15, 0.2) is 36.8 Å². The molecule has 134 valence electrons. The maximum Gasteiger partial charge on any atom is 0.228 e. The minimum absolute atomic E-state index is 0.00430. The zero-order valence-corrected chi connectivity index (χ0v) is 14.7. The van der Waals surface area contributed by atoms with Crippen LogP contribution >= 0.6 is 0 Å². The van der Waals surface area contributed by atoms with Crippen LogP contribution in [-0.4, -0.2) is 33.0 Å². The van der Waals surface area contributed by atoms with Gasteiger partial charge in [-0.1, -0.05) is 11.8 Å². The second-order valence-electron chi connectivity index (χ2n) is 6.30. The Morgan fingerprint density at radius 2 is 2.00 bits per heavy atom. The van der Waals surface area contributed by atoms with E-state index < -0.39 is 0 Å². The van der Waals surface area contributed by atoms with Crippen molar-refractivity contribution in [2.45, 2.75) is 12.8 Å². The monoisotopic (exact) mass is 359 g/mol. The summed E-state index contributed by atoms with van der Waals surface area (Å²) in [5.41, 5.74) is 1.34. The predicted molar refractivity (Wildman–Crippen MR) is 102 cm³/mol. The van der Waals surface area contributed by atoms with E-state index in [4.69, 9.17) is 0 Å². The lowest BCUT2D eigenvalue weighted by Crippen LogP contribution is -2.14. The van der Waals surface area contributed by atoms with Gasteiger partial charge in [0.2, 0.25) is 11.8 Å². The van der Waals surface area contributed by atoms with Crippen molar-refractivity contribution >= 4 is 28.3 Å². The van der Waals surface area contributed by atoms with E-state index in [0.29, 0.717) is 22.8 Å². The molecular formula is C20H17N5O2. The summed E-state index contributed by atoms with van der Waals surface area (Å²) < 4.78 is 0. The first-order valence-corrected chi connectivity index (χ1v) is 8.58. The molecule has 0 aromatic carbocycles. The number of amides is 1. The number of carbonyl (C=O) groups excluding carboxylic acids is 1. The van der Waals surface area contributed by atoms with Gasteiger partial charge in [0.05, 0.1) is 5.56 Å². The van der Waals surface area contributed by atoms with E-state index in [1.165, 1.54) is 12.3 Å². The van der Waals surface area contributed by atoms with Gasteiger partial charge in [-0.05, 0) is 25.0 Å². The van der Waals surface area contributed by atoms with Crippen molar-refractivity contribution in [1.82, 2.24) is 15.0 Å². The molecule has 0 aliphatic heterocycles. The molecule has 1 saturated carbocycles. The standard InChI is InChI=1S/C20H17N5O2/c1-21-19-16-11-23-17(25-20(27)13-4-5-13)9-15(16)14(10-24-19)3-2-12-6-7-22-18(26)8-12/h6-11,13H,4-5H2,1H3,(H,21,24)(H,22,26)(H,23,25,27). The fourth-order valence-electron chi connectivity index (χ4n) is 2.71. The van der Waals surface area contributed by atoms with E-state index in [1.54, 1.807) is 25.5 Å². The highest BCUT2D eigenvalue weighted by molar-refractivity contribution is 5.99. The van der Waals surface area contributed by atoms with E-state index in [9.17, 15) is 9.90 Å². The first-order chi connectivity index (χ1) is 13.1. The third-order valence-electron chi connectivity index (χ3n) is 4.30. The molecule has 1 aliphatic carbocycles. The Labute approximate surface area is 155 Å². The largest absolute Gasteiger partial charge is 0.493 e. The molecule has 7 heteroatoms. The zero-order valence-electron chi connectivity index (χ0n) is 14.7. The van der Waals surface area contributed by atoms with Gasteiger partial charge in [-0.25, -0.2) is 15.0 Å². The highest BCUT2D eigenvalue weighted by atomic mass is 16.3. The van der Waals surface area contributed by atoms with Crippen molar-refractivity contribution in [3.63, 3.8) is 0 Å². The number of pyridine rings is 3. The van der Waals surface area contributed by atoms with Crippen molar-refractivity contribution in [3.05, 3.63) is 47.9 Å². The lowest BCUT2D eigenvalue weighted by atomic mass is 10.1. The van der Waals surface area contributed by atoms with Crippen LogP contribution in [-0.2, 0) is 4.79 Å². The van der Waals surface area contributed by atoms with Gasteiger partial charge in [-0.2, -0.15) is 0 Å². The van der Waals surface area contributed by atoms with Crippen LogP contribution in [0, 0.1) is 17.8 Å². The molecule has 0 spiro atoms. The topological polar surface area (TPSA) is 100 Å². The van der Waals surface area contributed by atoms with Crippen LogP contribution in [0.2, 0.25) is 0 Å². The van der Waals surface area contributed by atoms with Gasteiger partial charge in [0.25, 0.3) is 0 Å². The highest BCUT2D eigenvalue weighted by Crippen LogP contribution is 2.31. The molecule has 7 nitrogen and oxygen atoms in total. The van der Waals surface area contributed by atoms with E-state index in [0.717, 1.165) is 23.6 Å². The third-order valence-corrected chi connectivity index (χ3v) is 4.30. The van der Waals surface area contributed by atoms with Gasteiger partial charge in [-0.3, -0.25) is 4.79 Å². The van der Waals surface area contributed by atoms with E-state index >= 15 is 0 Å². The second kappa shape index (κ2) is 6.92. The number of carbonyl (C=O) groups is 1. The van der Waals surface area contributed by atoms with Gasteiger partial charge in [0, 0.05) is 54.0 Å². The number of hydrogen-bond donors (Lipinski definition) is 3. The minimum atomic E-state index is -0.0791. The Kier molecular flexibility index (Phi) is 4.30. The number of rotatable bonds is 3. The molecule has 4 rings (SSSR count). The lowest BCUT2D eigenvalue weighted by Gasteiger charge is -2.09. The summed E-state index contributed by atoms with van der Waals surface area (Å²) in [7, 11) is 1.79. The molecule has 3 aromatic heterocycles. The highest BCUT2D eigenvalue weighted by Gasteiger charge is 2.29. The quantitative estimate of drug-likeness (QED) is 0.622. The third kappa shape index (κ3) is 3.65. The number of aromatic nitrogens is 3. The maximum atomic E-state index is 12.0. The molecule has 0 saturated heterocycles. The molecule has 0 bridgehead atoms. The summed E-state index contributed by atoms with van der Waals surface area (Å²) in [4.78, 5) is 24.5. The van der Waals surface area contributed by atoms with Crippen LogP contribution in [0.4, 0.5) is 11.6 Å². The summed E-state index contributed by atoms with van der Waals surface area (Å²) in [5.74, 6) is 7.29. The molecule has 1 aliphatic rings. The fraction of sp³-hybridized carbons (Fsp3) is 0.200. The summed E-state index contributed by atoms with van der Waals surface area (Å²) >= 11 is 0. The van der Waals surface area contributed by atoms with Crippen molar-refractivity contribution in [2.75, 3.05) is 17.7 Å². The first kappa shape index (κ1) is 16.8. The van der Waals surface area contributed by atoms with Crippen LogP contribution in [0.25, 0.3) is 10.8 Å². The van der Waals surface area contributed by atoms with Crippen LogP contribution in [0.1, 0.15) is 24.0 Å². The number of nitrogens with one attached hydrogen (secondary N) is 2. The van der Waals surface area contributed by atoms with Gasteiger partial charge in [0.1, 0.15) is 11.6 Å². The predicted octanol–water partition coefficient (Wildman–Crippen LogP) is 2.52. The lowest BCUT2D eigenvalue weighted by molar-refractivity contribution is -0.117. The van der Waals surface area contributed by atoms with Crippen molar-refractivity contribution < 1.29 is 9.90 Å². The number of anilines is 2. The van der Waals surface area contributed by atoms with Crippen LogP contribution in [0.3, 0.4) is 0 Å². The summed E-state index contributed by atoms with van der Waals surface area (Å²) in [6.07, 6.45) is 6.72. The Balaban J connectivity index is 1.75. The molecule has 3 N–H and O–H groups in total. The van der Waals surface area contributed by atoms with Gasteiger partial charge in [-0.15, -0.1) is 0 Å². The van der Waals surface area contributed by atoms with E-state index in [2.05, 4.69) is 37.4 Å². The van der Waals surface area contributed by atoms with Crippen LogP contribution < -0.4 is 10.6 Å². The molecule has 27 heavy (non-hydrogen) atoms. The molecule has 0 radical (unpaired) electrons. The van der Waals surface area contributed by atoms with Crippen molar-refractivity contribution in [2.24, 2.45) is 5.92 Å². The van der Waals surface area contributed by atoms with Crippen molar-refractivity contribution in [3.8, 4) is 17.7 Å². The average Bonchev–Trinajstić information content (AvgIpc) is 3.51. The maximum absolute atomic E-state index is 12.0. The number of nitrogens with zero attached hydrogens (tertiary/aromatic N) is 3. The smallest absolute Gasteiger partial charge is 0.228 e. The molecule has 3 heterocycles. The Hall–Kier alpha value is -3.66. The molecule has 3 aromatic rings. The Morgan fingerprint density at radius 1 is 1.15 bits per heavy atom. The summed E-state index contributed by atoms with van der Waals surface area (Å²) in [5, 5.41) is 17.0. The van der Waals surface area contributed by atoms with E-state index in [1.807, 2.05) is 6.07 Å². The SMILES string of the molecule is CNc1ncc(C#Cc2ccnc(O)c2)c2cc(NC(=O)C3CC3)ncc12. The van der Waals surface area contributed by atoms with Crippen LogP contribution in [0.5, 0.6) is 5.88 Å². The fourth-order valence-corrected chi connectivity index (χ4v) is 2.71. The Morgan fingerprint density at radius 3 is 2.74 bits per heavy atom. The zero-order chi connectivity index (χ0) is 18.8. The number of fused-ring (bicyclic) bond motifs is 1. The Bertz CT molecular complexity index is 1100. The van der Waals surface area contributed by atoms with E-state index in [-0.39, 0.29) is 17.7 Å². The molecule has 1 amide bonds.